The summed E-state index contributed by atoms with van der Waals surface area (Å²) in [6.45, 7) is 0.0461. The zero-order chi connectivity index (χ0) is 16.2. The van der Waals surface area contributed by atoms with Gasteiger partial charge >= 0.3 is 12.0 Å². The fourth-order valence-corrected chi connectivity index (χ4v) is 2.51. The predicted octanol–water partition coefficient (Wildman–Crippen LogP) is 1.66. The van der Waals surface area contributed by atoms with E-state index in [2.05, 4.69) is 21.2 Å². The summed E-state index contributed by atoms with van der Waals surface area (Å²) in [5.41, 5.74) is 0.330. The zero-order valence-corrected chi connectivity index (χ0v) is 13.9. The molecule has 0 aliphatic heterocycles. The molecule has 0 radical (unpaired) electrons. The summed E-state index contributed by atoms with van der Waals surface area (Å²) in [6, 6.07) is 3.75. The van der Waals surface area contributed by atoms with Crippen LogP contribution in [0.5, 0.6) is 0 Å². The molecule has 0 heterocycles. The van der Waals surface area contributed by atoms with Gasteiger partial charge in [-0.05, 0) is 18.2 Å². The summed E-state index contributed by atoms with van der Waals surface area (Å²) in [7, 11) is -1.70. The molecule has 0 fully saturated rings. The van der Waals surface area contributed by atoms with Crippen LogP contribution in [0, 0.1) is 0 Å². The van der Waals surface area contributed by atoms with Gasteiger partial charge in [-0.25, -0.2) is 18.0 Å². The molecule has 0 atom stereocenters. The Labute approximate surface area is 131 Å². The second-order valence-corrected chi connectivity index (χ2v) is 7.69. The second kappa shape index (κ2) is 6.90. The molecule has 9 heteroatoms. The number of nitrogens with one attached hydrogen (secondary N) is 1. The lowest BCUT2D eigenvalue weighted by atomic mass is 10.2. The third kappa shape index (κ3) is 6.13. The Morgan fingerprint density at radius 1 is 1.33 bits per heavy atom. The van der Waals surface area contributed by atoms with Crippen molar-refractivity contribution in [3.05, 3.63) is 28.2 Å². The number of carbonyl (C=O) groups excluding carboxylic acids is 1. The molecule has 1 rings (SSSR count). The highest BCUT2D eigenvalue weighted by atomic mass is 79.9. The molecule has 0 aromatic heterocycles. The Balaban J connectivity index is 2.76. The fourth-order valence-electron chi connectivity index (χ4n) is 1.41. The fraction of sp³-hybridized carbons (Fsp3) is 0.333. The van der Waals surface area contributed by atoms with Crippen molar-refractivity contribution in [1.82, 2.24) is 4.90 Å². The molecule has 1 aromatic rings. The molecule has 0 saturated heterocycles. The van der Waals surface area contributed by atoms with Crippen LogP contribution in [0.2, 0.25) is 0 Å². The molecule has 7 nitrogen and oxygen atoms in total. The summed E-state index contributed by atoms with van der Waals surface area (Å²) < 4.78 is 22.6. The SMILES string of the molecule is CN(CCS(C)(=O)=O)C(=O)Nc1cc(Br)cc(C(=O)O)c1. The van der Waals surface area contributed by atoms with Crippen LogP contribution in [0.3, 0.4) is 0 Å². The lowest BCUT2D eigenvalue weighted by Crippen LogP contribution is -2.34. The first-order chi connectivity index (χ1) is 9.58. The van der Waals surface area contributed by atoms with Crippen molar-refractivity contribution in [1.29, 1.82) is 0 Å². The molecular formula is C12H15BrN2O5S. The van der Waals surface area contributed by atoms with Gasteiger partial charge in [-0.2, -0.15) is 0 Å². The Hall–Kier alpha value is -1.61. The number of aromatic carboxylic acids is 1. The molecule has 0 bridgehead atoms. The van der Waals surface area contributed by atoms with E-state index in [0.717, 1.165) is 6.26 Å². The summed E-state index contributed by atoms with van der Waals surface area (Å²) in [6.07, 6.45) is 1.09. The first kappa shape index (κ1) is 17.4. The van der Waals surface area contributed by atoms with Crippen LogP contribution in [-0.2, 0) is 9.84 Å². The lowest BCUT2D eigenvalue weighted by Gasteiger charge is -2.17. The van der Waals surface area contributed by atoms with Crippen LogP contribution in [0.25, 0.3) is 0 Å². The standard InChI is InChI=1S/C12H15BrN2O5S/c1-15(3-4-21(2,19)20)12(18)14-10-6-8(11(16)17)5-9(13)7-10/h5-7H,3-4H2,1-2H3,(H,14,18)(H,16,17). The topological polar surface area (TPSA) is 104 Å². The Morgan fingerprint density at radius 2 is 1.95 bits per heavy atom. The quantitative estimate of drug-likeness (QED) is 0.810. The maximum absolute atomic E-state index is 11.9. The van der Waals surface area contributed by atoms with Crippen molar-refractivity contribution < 1.29 is 23.1 Å². The third-order valence-electron chi connectivity index (χ3n) is 2.54. The molecule has 2 amide bonds. The average Bonchev–Trinajstić information content (AvgIpc) is 2.34. The second-order valence-electron chi connectivity index (χ2n) is 4.52. The van der Waals surface area contributed by atoms with E-state index in [0.29, 0.717) is 10.2 Å². The van der Waals surface area contributed by atoms with Gasteiger partial charge in [-0.15, -0.1) is 0 Å². The normalized spacial score (nSPS) is 11.0. The molecule has 116 valence electrons. The largest absolute Gasteiger partial charge is 0.478 e. The minimum Gasteiger partial charge on any atom is -0.478 e. The summed E-state index contributed by atoms with van der Waals surface area (Å²) in [5, 5.41) is 11.5. The zero-order valence-electron chi connectivity index (χ0n) is 11.5. The number of nitrogens with zero attached hydrogens (tertiary/aromatic N) is 1. The molecule has 2 N–H and O–H groups in total. The maximum Gasteiger partial charge on any atom is 0.335 e. The number of hydrogen-bond donors (Lipinski definition) is 2. The first-order valence-corrected chi connectivity index (χ1v) is 8.67. The van der Waals surface area contributed by atoms with Crippen molar-refractivity contribution in [2.45, 2.75) is 0 Å². The number of hydrogen-bond acceptors (Lipinski definition) is 4. The van der Waals surface area contributed by atoms with Gasteiger partial charge in [0.05, 0.1) is 11.3 Å². The van der Waals surface area contributed by atoms with Gasteiger partial charge in [0.1, 0.15) is 9.84 Å². The van der Waals surface area contributed by atoms with Crippen molar-refractivity contribution in [3.63, 3.8) is 0 Å². The molecular weight excluding hydrogens is 364 g/mol. The highest BCUT2D eigenvalue weighted by Gasteiger charge is 2.13. The van der Waals surface area contributed by atoms with Gasteiger partial charge in [0.25, 0.3) is 0 Å². The van der Waals surface area contributed by atoms with Crippen molar-refractivity contribution >= 4 is 43.5 Å². The number of halogens is 1. The molecule has 0 saturated carbocycles. The van der Waals surface area contributed by atoms with Crippen LogP contribution in [-0.4, -0.2) is 56.0 Å². The average molecular weight is 379 g/mol. The van der Waals surface area contributed by atoms with E-state index in [1.807, 2.05) is 0 Å². The molecule has 21 heavy (non-hydrogen) atoms. The monoisotopic (exact) mass is 378 g/mol. The minimum absolute atomic E-state index is 0.0264. The van der Waals surface area contributed by atoms with Gasteiger partial charge in [0, 0.05) is 30.0 Å². The van der Waals surface area contributed by atoms with E-state index < -0.39 is 21.8 Å². The van der Waals surface area contributed by atoms with Crippen LogP contribution in [0.1, 0.15) is 10.4 Å². The first-order valence-electron chi connectivity index (χ1n) is 5.82. The number of sulfone groups is 1. The predicted molar refractivity (Wildman–Crippen MR) is 82.5 cm³/mol. The highest BCUT2D eigenvalue weighted by Crippen LogP contribution is 2.20. The van der Waals surface area contributed by atoms with Gasteiger partial charge in [0.2, 0.25) is 0 Å². The van der Waals surface area contributed by atoms with Crippen LogP contribution >= 0.6 is 15.9 Å². The maximum atomic E-state index is 11.9. The number of rotatable bonds is 5. The lowest BCUT2D eigenvalue weighted by molar-refractivity contribution is 0.0696. The summed E-state index contributed by atoms with van der Waals surface area (Å²) in [4.78, 5) is 24.0. The van der Waals surface area contributed by atoms with Gasteiger partial charge in [-0.1, -0.05) is 15.9 Å². The Kier molecular flexibility index (Phi) is 5.73. The van der Waals surface area contributed by atoms with E-state index in [1.54, 1.807) is 6.07 Å². The van der Waals surface area contributed by atoms with E-state index in [4.69, 9.17) is 5.11 Å². The van der Waals surface area contributed by atoms with Crippen LogP contribution < -0.4 is 5.32 Å². The smallest absolute Gasteiger partial charge is 0.335 e. The number of carboxylic acid groups (broad SMARTS) is 1. The van der Waals surface area contributed by atoms with Gasteiger partial charge < -0.3 is 15.3 Å². The molecule has 0 unspecified atom stereocenters. The highest BCUT2D eigenvalue weighted by molar-refractivity contribution is 9.10. The van der Waals surface area contributed by atoms with Crippen molar-refractivity contribution in [2.24, 2.45) is 0 Å². The number of anilines is 1. The Morgan fingerprint density at radius 3 is 2.48 bits per heavy atom. The Bertz CT molecular complexity index is 660. The van der Waals surface area contributed by atoms with E-state index >= 15 is 0 Å². The van der Waals surface area contributed by atoms with Crippen LogP contribution in [0.15, 0.2) is 22.7 Å². The van der Waals surface area contributed by atoms with Crippen molar-refractivity contribution in [2.75, 3.05) is 30.9 Å². The van der Waals surface area contributed by atoms with Gasteiger partial charge in [0.15, 0.2) is 0 Å². The van der Waals surface area contributed by atoms with E-state index in [9.17, 15) is 18.0 Å². The molecule has 0 aliphatic rings. The number of carboxylic acids is 1. The van der Waals surface area contributed by atoms with E-state index in [-0.39, 0.29) is 17.9 Å². The number of benzene rings is 1. The third-order valence-corrected chi connectivity index (χ3v) is 3.92. The van der Waals surface area contributed by atoms with Gasteiger partial charge in [-0.3, -0.25) is 0 Å². The molecule has 0 aliphatic carbocycles. The number of amides is 2. The number of carbonyl (C=O) groups is 2. The van der Waals surface area contributed by atoms with Crippen LogP contribution in [0.4, 0.5) is 10.5 Å². The van der Waals surface area contributed by atoms with E-state index in [1.165, 1.54) is 24.1 Å². The number of urea groups is 1. The summed E-state index contributed by atoms with van der Waals surface area (Å²) in [5.74, 6) is -1.26. The minimum atomic E-state index is -3.16. The van der Waals surface area contributed by atoms with Crippen molar-refractivity contribution in [3.8, 4) is 0 Å². The molecule has 0 spiro atoms. The molecule has 1 aromatic carbocycles. The summed E-state index contributed by atoms with van der Waals surface area (Å²) >= 11 is 3.16.